The summed E-state index contributed by atoms with van der Waals surface area (Å²) in [5, 5.41) is 2.99. The first kappa shape index (κ1) is 21.4. The number of unbranched alkanes of at least 4 members (excludes halogenated alkanes) is 2. The van der Waals surface area contributed by atoms with E-state index in [9.17, 15) is 13.2 Å². The Hall–Kier alpha value is -2.31. The molecule has 1 aromatic carbocycles. The van der Waals surface area contributed by atoms with Crippen molar-refractivity contribution in [2.45, 2.75) is 77.0 Å². The molecule has 158 valence electrons. The van der Waals surface area contributed by atoms with Crippen LogP contribution in [0.25, 0.3) is 0 Å². The van der Waals surface area contributed by atoms with Crippen LogP contribution >= 0.6 is 0 Å². The predicted molar refractivity (Wildman–Crippen MR) is 107 cm³/mol. The molecule has 0 aliphatic heterocycles. The number of anilines is 2. The number of nitrogens with one attached hydrogen (secondary N) is 1. The van der Waals surface area contributed by atoms with Gasteiger partial charge in [-0.15, -0.1) is 0 Å². The van der Waals surface area contributed by atoms with E-state index in [4.69, 9.17) is 4.74 Å². The van der Waals surface area contributed by atoms with Crippen LogP contribution in [0, 0.1) is 0 Å². The third kappa shape index (κ3) is 6.34. The van der Waals surface area contributed by atoms with Gasteiger partial charge in [0.25, 0.3) is 0 Å². The number of rotatable bonds is 8. The van der Waals surface area contributed by atoms with Gasteiger partial charge in [0.05, 0.1) is 0 Å². The molecule has 1 saturated carbocycles. The number of aromatic nitrogens is 2. The average molecular weight is 407 g/mol. The summed E-state index contributed by atoms with van der Waals surface area (Å²) in [6.07, 6.45) is 5.09. The van der Waals surface area contributed by atoms with Crippen LogP contribution in [0.1, 0.15) is 69.4 Å². The highest BCUT2D eigenvalue weighted by atomic mass is 19.4. The molecule has 1 aliphatic carbocycles. The maximum absolute atomic E-state index is 13.4. The van der Waals surface area contributed by atoms with Gasteiger partial charge in [-0.05, 0) is 56.2 Å². The van der Waals surface area contributed by atoms with E-state index in [2.05, 4.69) is 22.2 Å². The zero-order chi connectivity index (χ0) is 20.7. The largest absolute Gasteiger partial charge is 0.474 e. The molecule has 1 heterocycles. The van der Waals surface area contributed by atoms with Crippen molar-refractivity contribution < 1.29 is 17.9 Å². The van der Waals surface area contributed by atoms with E-state index in [1.165, 1.54) is 18.4 Å². The molecule has 0 spiro atoms. The molecule has 0 unspecified atom stereocenters. The quantitative estimate of drug-likeness (QED) is 0.496. The summed E-state index contributed by atoms with van der Waals surface area (Å²) < 4.78 is 45.7. The monoisotopic (exact) mass is 407 g/mol. The first-order valence-electron chi connectivity index (χ1n) is 10.4. The third-order valence-corrected chi connectivity index (χ3v) is 5.17. The van der Waals surface area contributed by atoms with Crippen LogP contribution in [-0.4, -0.2) is 16.1 Å². The molecule has 29 heavy (non-hydrogen) atoms. The van der Waals surface area contributed by atoms with Crippen molar-refractivity contribution in [3.63, 3.8) is 0 Å². The molecule has 2 aromatic rings. The van der Waals surface area contributed by atoms with Gasteiger partial charge in [-0.2, -0.15) is 18.2 Å². The molecule has 7 heteroatoms. The average Bonchev–Trinajstić information content (AvgIpc) is 2.70. The van der Waals surface area contributed by atoms with Crippen molar-refractivity contribution in [3.8, 4) is 5.88 Å². The second-order valence-corrected chi connectivity index (χ2v) is 7.57. The molecular formula is C22H28F3N3O. The highest BCUT2D eigenvalue weighted by Crippen LogP contribution is 2.36. The zero-order valence-electron chi connectivity index (χ0n) is 16.8. The van der Waals surface area contributed by atoms with Gasteiger partial charge in [0.1, 0.15) is 11.7 Å². The van der Waals surface area contributed by atoms with Crippen molar-refractivity contribution in [1.29, 1.82) is 0 Å². The Kier molecular flexibility index (Phi) is 7.34. The summed E-state index contributed by atoms with van der Waals surface area (Å²) in [6.45, 7) is 2.17. The Morgan fingerprint density at radius 1 is 1.07 bits per heavy atom. The maximum atomic E-state index is 13.4. The Bertz CT molecular complexity index is 772. The van der Waals surface area contributed by atoms with Gasteiger partial charge in [0.15, 0.2) is 0 Å². The summed E-state index contributed by atoms with van der Waals surface area (Å²) in [5.41, 5.74) is 1.03. The fourth-order valence-electron chi connectivity index (χ4n) is 3.51. The minimum absolute atomic E-state index is 0.0996. The minimum atomic E-state index is -4.55. The van der Waals surface area contributed by atoms with Crippen molar-refractivity contribution in [3.05, 3.63) is 41.6 Å². The van der Waals surface area contributed by atoms with Crippen molar-refractivity contribution >= 4 is 11.6 Å². The molecule has 0 saturated heterocycles. The Labute approximate surface area is 169 Å². The highest BCUT2D eigenvalue weighted by Gasteiger charge is 2.37. The Balaban J connectivity index is 1.72. The number of halogens is 3. The van der Waals surface area contributed by atoms with E-state index in [1.807, 2.05) is 24.3 Å². The molecule has 1 aromatic heterocycles. The van der Waals surface area contributed by atoms with Gasteiger partial charge in [0.2, 0.25) is 11.8 Å². The fourth-order valence-corrected chi connectivity index (χ4v) is 3.51. The lowest BCUT2D eigenvalue weighted by Gasteiger charge is -2.24. The summed E-state index contributed by atoms with van der Waals surface area (Å²) in [6, 6.07) is 7.82. The Morgan fingerprint density at radius 2 is 1.79 bits per heavy atom. The van der Waals surface area contributed by atoms with Crippen molar-refractivity contribution in [2.24, 2.45) is 0 Å². The molecule has 1 aliphatic rings. The standard InChI is InChI=1S/C22H28F3N3O/c1-2-3-5-8-16-11-13-17(14-12-16)27-21-26-15-19(22(23,24)25)20(28-21)29-18-9-6-4-7-10-18/h11-15,18H,2-10H2,1H3,(H,26,27,28). The van der Waals surface area contributed by atoms with E-state index >= 15 is 0 Å². The zero-order valence-corrected chi connectivity index (χ0v) is 16.8. The summed E-state index contributed by atoms with van der Waals surface area (Å²) in [5.74, 6) is -0.291. The lowest BCUT2D eigenvalue weighted by atomic mass is 9.98. The Morgan fingerprint density at radius 3 is 2.45 bits per heavy atom. The summed E-state index contributed by atoms with van der Waals surface area (Å²) >= 11 is 0. The number of alkyl halides is 3. The molecule has 0 bridgehead atoms. The molecule has 3 rings (SSSR count). The van der Waals surface area contributed by atoms with E-state index in [0.717, 1.165) is 56.8 Å². The van der Waals surface area contributed by atoms with Crippen molar-refractivity contribution in [2.75, 3.05) is 5.32 Å². The molecule has 1 fully saturated rings. The van der Waals surface area contributed by atoms with E-state index < -0.39 is 17.6 Å². The summed E-state index contributed by atoms with van der Waals surface area (Å²) in [7, 11) is 0. The fraction of sp³-hybridized carbons (Fsp3) is 0.545. The molecule has 0 atom stereocenters. The molecule has 4 nitrogen and oxygen atoms in total. The second kappa shape index (κ2) is 9.94. The molecule has 0 amide bonds. The van der Waals surface area contributed by atoms with Crippen LogP contribution in [0.15, 0.2) is 30.5 Å². The van der Waals surface area contributed by atoms with Gasteiger partial charge in [-0.1, -0.05) is 38.3 Å². The van der Waals surface area contributed by atoms with Gasteiger partial charge >= 0.3 is 6.18 Å². The predicted octanol–water partition coefficient (Wildman–Crippen LogP) is 6.68. The SMILES string of the molecule is CCCCCc1ccc(Nc2ncc(C(F)(F)F)c(OC3CCCCC3)n2)cc1. The van der Waals surface area contributed by atoms with Gasteiger partial charge in [-0.25, -0.2) is 4.98 Å². The first-order valence-corrected chi connectivity index (χ1v) is 10.4. The summed E-state index contributed by atoms with van der Waals surface area (Å²) in [4.78, 5) is 7.90. The van der Waals surface area contributed by atoms with Crippen LogP contribution in [0.4, 0.5) is 24.8 Å². The molecule has 1 N–H and O–H groups in total. The van der Waals surface area contributed by atoms with Crippen LogP contribution in [-0.2, 0) is 12.6 Å². The normalized spacial score (nSPS) is 15.3. The lowest BCUT2D eigenvalue weighted by Crippen LogP contribution is -2.22. The smallest absolute Gasteiger partial charge is 0.423 e. The topological polar surface area (TPSA) is 47.0 Å². The maximum Gasteiger partial charge on any atom is 0.423 e. The number of hydrogen-bond donors (Lipinski definition) is 1. The van der Waals surface area contributed by atoms with Crippen molar-refractivity contribution in [1.82, 2.24) is 9.97 Å². The highest BCUT2D eigenvalue weighted by molar-refractivity contribution is 5.54. The van der Waals surface area contributed by atoms with E-state index in [-0.39, 0.29) is 12.1 Å². The number of aryl methyl sites for hydroxylation is 1. The number of nitrogens with zero attached hydrogens (tertiary/aromatic N) is 2. The van der Waals surface area contributed by atoms with Crippen LogP contribution < -0.4 is 10.1 Å². The van der Waals surface area contributed by atoms with Gasteiger partial charge in [-0.3, -0.25) is 0 Å². The number of benzene rings is 1. The van der Waals surface area contributed by atoms with E-state index in [1.54, 1.807) is 0 Å². The van der Waals surface area contributed by atoms with Gasteiger partial charge in [0, 0.05) is 11.9 Å². The van der Waals surface area contributed by atoms with Crippen LogP contribution in [0.2, 0.25) is 0 Å². The second-order valence-electron chi connectivity index (χ2n) is 7.57. The number of hydrogen-bond acceptors (Lipinski definition) is 4. The van der Waals surface area contributed by atoms with Crippen LogP contribution in [0.3, 0.4) is 0 Å². The molecular weight excluding hydrogens is 379 g/mol. The van der Waals surface area contributed by atoms with Crippen LogP contribution in [0.5, 0.6) is 5.88 Å². The minimum Gasteiger partial charge on any atom is -0.474 e. The molecule has 0 radical (unpaired) electrons. The lowest BCUT2D eigenvalue weighted by molar-refractivity contribution is -0.140. The number of ether oxygens (including phenoxy) is 1. The first-order chi connectivity index (χ1) is 14.0. The van der Waals surface area contributed by atoms with Gasteiger partial charge < -0.3 is 10.1 Å². The van der Waals surface area contributed by atoms with E-state index in [0.29, 0.717) is 0 Å². The third-order valence-electron chi connectivity index (χ3n) is 5.17.